The minimum atomic E-state index is -0.338. The van der Waals surface area contributed by atoms with Crippen LogP contribution in [0, 0.1) is 0 Å². The Labute approximate surface area is 107 Å². The third kappa shape index (κ3) is 3.01. The van der Waals surface area contributed by atoms with Crippen molar-refractivity contribution in [2.24, 2.45) is 0 Å². The van der Waals surface area contributed by atoms with E-state index in [0.29, 0.717) is 11.3 Å². The molecule has 0 amide bonds. The first-order chi connectivity index (χ1) is 8.70. The molecule has 1 fully saturated rings. The average molecular weight is 249 g/mol. The lowest BCUT2D eigenvalue weighted by atomic mass is 9.95. The second-order valence-corrected chi connectivity index (χ2v) is 4.64. The molecule has 98 valence electrons. The van der Waals surface area contributed by atoms with Crippen LogP contribution in [0.4, 0.5) is 5.69 Å². The number of esters is 1. The smallest absolute Gasteiger partial charge is 0.340 e. The number of methoxy groups -OCH3 is 1. The summed E-state index contributed by atoms with van der Waals surface area (Å²) >= 11 is 0. The molecule has 1 saturated carbocycles. The van der Waals surface area contributed by atoms with Gasteiger partial charge in [0.05, 0.1) is 11.7 Å². The fourth-order valence-corrected chi connectivity index (χ4v) is 2.32. The molecule has 1 aromatic rings. The lowest BCUT2D eigenvalue weighted by Crippen LogP contribution is -2.29. The average Bonchev–Trinajstić information content (AvgIpc) is 2.39. The van der Waals surface area contributed by atoms with Crippen molar-refractivity contribution in [1.29, 1.82) is 0 Å². The topological polar surface area (TPSA) is 61.5 Å². The zero-order valence-corrected chi connectivity index (χ0v) is 10.6. The molecule has 0 spiro atoms. The lowest BCUT2D eigenvalue weighted by molar-refractivity contribution is -0.0148. The highest BCUT2D eigenvalue weighted by Gasteiger charge is 2.25. The SMILES string of the molecule is COC1CCCC(OC(=O)c2ccccc2N)C1. The van der Waals surface area contributed by atoms with E-state index in [1.807, 2.05) is 0 Å². The Balaban J connectivity index is 1.97. The Kier molecular flexibility index (Phi) is 4.20. The largest absolute Gasteiger partial charge is 0.459 e. The second-order valence-electron chi connectivity index (χ2n) is 4.64. The predicted octanol–water partition coefficient (Wildman–Crippen LogP) is 2.38. The van der Waals surface area contributed by atoms with Crippen molar-refractivity contribution in [2.45, 2.75) is 37.9 Å². The van der Waals surface area contributed by atoms with Crippen LogP contribution in [0.3, 0.4) is 0 Å². The number of nitrogen functional groups attached to an aromatic ring is 1. The zero-order chi connectivity index (χ0) is 13.0. The summed E-state index contributed by atoms with van der Waals surface area (Å²) in [6.45, 7) is 0. The Bertz CT molecular complexity index is 419. The second kappa shape index (κ2) is 5.87. The highest BCUT2D eigenvalue weighted by Crippen LogP contribution is 2.24. The molecule has 18 heavy (non-hydrogen) atoms. The molecular weight excluding hydrogens is 230 g/mol. The first-order valence-electron chi connectivity index (χ1n) is 6.29. The van der Waals surface area contributed by atoms with E-state index in [2.05, 4.69) is 0 Å². The molecule has 0 radical (unpaired) electrons. The van der Waals surface area contributed by atoms with Gasteiger partial charge in [-0.2, -0.15) is 0 Å². The van der Waals surface area contributed by atoms with Gasteiger partial charge < -0.3 is 15.2 Å². The van der Waals surface area contributed by atoms with Gasteiger partial charge in [-0.05, 0) is 31.4 Å². The number of hydrogen-bond donors (Lipinski definition) is 1. The molecule has 2 atom stereocenters. The van der Waals surface area contributed by atoms with Crippen molar-refractivity contribution < 1.29 is 14.3 Å². The van der Waals surface area contributed by atoms with Crippen molar-refractivity contribution in [3.8, 4) is 0 Å². The summed E-state index contributed by atoms with van der Waals surface area (Å²) in [7, 11) is 1.70. The molecule has 2 rings (SSSR count). The standard InChI is InChI=1S/C14H19NO3/c1-17-10-5-4-6-11(9-10)18-14(16)12-7-2-3-8-13(12)15/h2-3,7-8,10-11H,4-6,9,15H2,1H3. The summed E-state index contributed by atoms with van der Waals surface area (Å²) in [6, 6.07) is 6.98. The van der Waals surface area contributed by atoms with Crippen LogP contribution in [0.5, 0.6) is 0 Å². The third-order valence-electron chi connectivity index (χ3n) is 3.37. The van der Waals surface area contributed by atoms with Crippen molar-refractivity contribution in [3.05, 3.63) is 29.8 Å². The maximum atomic E-state index is 12.0. The maximum Gasteiger partial charge on any atom is 0.340 e. The normalized spacial score (nSPS) is 23.6. The molecule has 4 heteroatoms. The van der Waals surface area contributed by atoms with Gasteiger partial charge in [0.25, 0.3) is 0 Å². The monoisotopic (exact) mass is 249 g/mol. The molecule has 1 aliphatic rings. The molecule has 0 aromatic heterocycles. The van der Waals surface area contributed by atoms with Crippen LogP contribution in [0.15, 0.2) is 24.3 Å². The van der Waals surface area contributed by atoms with Gasteiger partial charge in [0, 0.05) is 19.2 Å². The molecule has 2 N–H and O–H groups in total. The first kappa shape index (κ1) is 12.9. The van der Waals surface area contributed by atoms with Crippen LogP contribution in [0.1, 0.15) is 36.0 Å². The third-order valence-corrected chi connectivity index (χ3v) is 3.37. The number of para-hydroxylation sites is 1. The van der Waals surface area contributed by atoms with E-state index < -0.39 is 0 Å². The molecule has 4 nitrogen and oxygen atoms in total. The van der Waals surface area contributed by atoms with Crippen molar-refractivity contribution in [1.82, 2.24) is 0 Å². The van der Waals surface area contributed by atoms with E-state index in [9.17, 15) is 4.79 Å². The predicted molar refractivity (Wildman–Crippen MR) is 69.3 cm³/mol. The number of carbonyl (C=O) groups excluding carboxylic acids is 1. The minimum Gasteiger partial charge on any atom is -0.459 e. The number of rotatable bonds is 3. The van der Waals surface area contributed by atoms with E-state index in [0.717, 1.165) is 25.7 Å². The molecular formula is C14H19NO3. The van der Waals surface area contributed by atoms with Crippen LogP contribution in [-0.2, 0) is 9.47 Å². The first-order valence-corrected chi connectivity index (χ1v) is 6.29. The molecule has 0 bridgehead atoms. The summed E-state index contributed by atoms with van der Waals surface area (Å²) in [5.74, 6) is -0.338. The van der Waals surface area contributed by atoms with E-state index in [1.54, 1.807) is 31.4 Å². The molecule has 2 unspecified atom stereocenters. The van der Waals surface area contributed by atoms with Gasteiger partial charge in [0.2, 0.25) is 0 Å². The number of hydrogen-bond acceptors (Lipinski definition) is 4. The van der Waals surface area contributed by atoms with E-state index in [-0.39, 0.29) is 18.2 Å². The molecule has 1 aromatic carbocycles. The van der Waals surface area contributed by atoms with Crippen LogP contribution in [0.25, 0.3) is 0 Å². The Morgan fingerprint density at radius 3 is 2.72 bits per heavy atom. The summed E-state index contributed by atoms with van der Waals surface area (Å²) < 4.78 is 10.8. The van der Waals surface area contributed by atoms with Crippen LogP contribution in [-0.4, -0.2) is 25.3 Å². The summed E-state index contributed by atoms with van der Waals surface area (Å²) in [4.78, 5) is 12.0. The molecule has 1 aliphatic carbocycles. The highest BCUT2D eigenvalue weighted by molar-refractivity contribution is 5.95. The Morgan fingerprint density at radius 1 is 1.28 bits per heavy atom. The zero-order valence-electron chi connectivity index (χ0n) is 10.6. The van der Waals surface area contributed by atoms with Crippen LogP contribution >= 0.6 is 0 Å². The molecule has 0 saturated heterocycles. The van der Waals surface area contributed by atoms with Gasteiger partial charge in [-0.3, -0.25) is 0 Å². The fraction of sp³-hybridized carbons (Fsp3) is 0.500. The number of ether oxygens (including phenoxy) is 2. The van der Waals surface area contributed by atoms with E-state index >= 15 is 0 Å². The van der Waals surface area contributed by atoms with Gasteiger partial charge in [-0.1, -0.05) is 12.1 Å². The number of nitrogens with two attached hydrogens (primary N) is 1. The Morgan fingerprint density at radius 2 is 2.00 bits per heavy atom. The Hall–Kier alpha value is -1.55. The van der Waals surface area contributed by atoms with Crippen molar-refractivity contribution >= 4 is 11.7 Å². The fourth-order valence-electron chi connectivity index (χ4n) is 2.32. The van der Waals surface area contributed by atoms with Gasteiger partial charge in [-0.25, -0.2) is 4.79 Å². The summed E-state index contributed by atoms with van der Waals surface area (Å²) in [5, 5.41) is 0. The lowest BCUT2D eigenvalue weighted by Gasteiger charge is -2.28. The highest BCUT2D eigenvalue weighted by atomic mass is 16.5. The van der Waals surface area contributed by atoms with Gasteiger partial charge in [0.15, 0.2) is 0 Å². The number of anilines is 1. The van der Waals surface area contributed by atoms with Crippen molar-refractivity contribution in [2.75, 3.05) is 12.8 Å². The van der Waals surface area contributed by atoms with Gasteiger partial charge in [-0.15, -0.1) is 0 Å². The van der Waals surface area contributed by atoms with E-state index in [4.69, 9.17) is 15.2 Å². The minimum absolute atomic E-state index is 0.0594. The van der Waals surface area contributed by atoms with Gasteiger partial charge in [0.1, 0.15) is 6.10 Å². The van der Waals surface area contributed by atoms with Crippen molar-refractivity contribution in [3.63, 3.8) is 0 Å². The quantitative estimate of drug-likeness (QED) is 0.660. The van der Waals surface area contributed by atoms with Crippen LogP contribution in [0.2, 0.25) is 0 Å². The number of carbonyl (C=O) groups is 1. The summed E-state index contributed by atoms with van der Waals surface area (Å²) in [6.07, 6.45) is 3.88. The van der Waals surface area contributed by atoms with Crippen LogP contribution < -0.4 is 5.73 Å². The van der Waals surface area contributed by atoms with Gasteiger partial charge >= 0.3 is 5.97 Å². The summed E-state index contributed by atoms with van der Waals surface area (Å²) in [5.41, 5.74) is 6.66. The van der Waals surface area contributed by atoms with E-state index in [1.165, 1.54) is 0 Å². The molecule has 0 aliphatic heterocycles. The molecule has 0 heterocycles. The maximum absolute atomic E-state index is 12.0. The number of benzene rings is 1.